The molecule has 82 valence electrons. The molecule has 0 aromatic heterocycles. The van der Waals surface area contributed by atoms with Crippen LogP contribution in [-0.4, -0.2) is 6.61 Å². The smallest absolute Gasteiger partial charge is 0.0716 e. The molecular weight excluding hydrogens is 184 g/mol. The van der Waals surface area contributed by atoms with Gasteiger partial charge in [0, 0.05) is 6.61 Å². The second kappa shape index (κ2) is 8.25. The molecule has 15 heavy (non-hydrogen) atoms. The molecule has 1 aromatic carbocycles. The van der Waals surface area contributed by atoms with E-state index in [-0.39, 0.29) is 0 Å². The summed E-state index contributed by atoms with van der Waals surface area (Å²) in [6, 6.07) is 10.3. The van der Waals surface area contributed by atoms with E-state index in [1.165, 1.54) is 18.4 Å². The first-order chi connectivity index (χ1) is 7.43. The van der Waals surface area contributed by atoms with E-state index in [1.807, 2.05) is 24.3 Å². The maximum atomic E-state index is 5.57. The van der Waals surface area contributed by atoms with Crippen LogP contribution in [0.3, 0.4) is 0 Å². The van der Waals surface area contributed by atoms with Crippen LogP contribution in [0.4, 0.5) is 0 Å². The molecule has 0 saturated heterocycles. The normalized spacial score (nSPS) is 10.1. The molecule has 1 aromatic rings. The van der Waals surface area contributed by atoms with Crippen LogP contribution in [0.25, 0.3) is 0 Å². The van der Waals surface area contributed by atoms with Crippen LogP contribution in [-0.2, 0) is 11.3 Å². The van der Waals surface area contributed by atoms with Crippen molar-refractivity contribution in [2.24, 2.45) is 0 Å². The first-order valence-electron chi connectivity index (χ1n) is 5.66. The van der Waals surface area contributed by atoms with E-state index in [0.717, 1.165) is 26.1 Å². The van der Waals surface area contributed by atoms with Crippen LogP contribution in [0.5, 0.6) is 0 Å². The van der Waals surface area contributed by atoms with Crippen LogP contribution in [0.2, 0.25) is 0 Å². The third-order valence-corrected chi connectivity index (χ3v) is 2.31. The predicted molar refractivity (Wildman–Crippen MR) is 64.8 cm³/mol. The molecule has 0 radical (unpaired) electrons. The summed E-state index contributed by atoms with van der Waals surface area (Å²) in [5.41, 5.74) is 1.25. The molecule has 0 fully saturated rings. The fourth-order valence-electron chi connectivity index (χ4n) is 1.43. The van der Waals surface area contributed by atoms with Gasteiger partial charge in [-0.3, -0.25) is 0 Å². The number of hydrogen-bond acceptors (Lipinski definition) is 1. The molecule has 0 unspecified atom stereocenters. The summed E-state index contributed by atoms with van der Waals surface area (Å²) in [6.45, 7) is 5.31. The van der Waals surface area contributed by atoms with Gasteiger partial charge in [0.15, 0.2) is 0 Å². The average Bonchev–Trinajstić information content (AvgIpc) is 2.29. The average molecular weight is 204 g/mol. The molecule has 0 amide bonds. The molecule has 0 N–H and O–H groups in total. The molecule has 0 atom stereocenters. The predicted octanol–water partition coefficient (Wildman–Crippen LogP) is 3.95. The first-order valence-corrected chi connectivity index (χ1v) is 5.66. The Balaban J connectivity index is 1.95. The molecule has 1 rings (SSSR count). The quantitative estimate of drug-likeness (QED) is 0.460. The van der Waals surface area contributed by atoms with Crippen LogP contribution in [0.15, 0.2) is 43.0 Å². The molecule has 0 aliphatic heterocycles. The van der Waals surface area contributed by atoms with Crippen molar-refractivity contribution < 1.29 is 4.74 Å². The van der Waals surface area contributed by atoms with Crippen molar-refractivity contribution in [3.05, 3.63) is 48.6 Å². The van der Waals surface area contributed by atoms with E-state index in [4.69, 9.17) is 4.74 Å². The van der Waals surface area contributed by atoms with Crippen LogP contribution in [0, 0.1) is 0 Å². The van der Waals surface area contributed by atoms with Gasteiger partial charge in [0.05, 0.1) is 6.61 Å². The fraction of sp³-hybridized carbons (Fsp3) is 0.429. The van der Waals surface area contributed by atoms with Crippen molar-refractivity contribution in [3.63, 3.8) is 0 Å². The molecule has 0 aliphatic carbocycles. The first kappa shape index (κ1) is 12.0. The van der Waals surface area contributed by atoms with Gasteiger partial charge in [-0.15, -0.1) is 6.58 Å². The Bertz CT molecular complexity index is 253. The topological polar surface area (TPSA) is 9.23 Å². The molecule has 1 heteroatoms. The minimum atomic E-state index is 0.738. The van der Waals surface area contributed by atoms with Crippen molar-refractivity contribution in [1.82, 2.24) is 0 Å². The van der Waals surface area contributed by atoms with Gasteiger partial charge >= 0.3 is 0 Å². The monoisotopic (exact) mass is 204 g/mol. The van der Waals surface area contributed by atoms with Gasteiger partial charge in [-0.2, -0.15) is 0 Å². The standard InChI is InChI=1S/C14H20O/c1-2-3-4-5-9-12-15-13-14-10-7-6-8-11-14/h2,6-8,10-11H,1,3-5,9,12-13H2. The number of ether oxygens (including phenoxy) is 1. The maximum Gasteiger partial charge on any atom is 0.0716 e. The van der Waals surface area contributed by atoms with Crippen molar-refractivity contribution in [2.75, 3.05) is 6.61 Å². The zero-order chi connectivity index (χ0) is 10.8. The fourth-order valence-corrected chi connectivity index (χ4v) is 1.43. The zero-order valence-corrected chi connectivity index (χ0v) is 9.32. The zero-order valence-electron chi connectivity index (χ0n) is 9.32. The Hall–Kier alpha value is -1.08. The summed E-state index contributed by atoms with van der Waals surface area (Å²) < 4.78 is 5.57. The van der Waals surface area contributed by atoms with Crippen LogP contribution < -0.4 is 0 Å². The summed E-state index contributed by atoms with van der Waals surface area (Å²) >= 11 is 0. The van der Waals surface area contributed by atoms with Crippen molar-refractivity contribution in [2.45, 2.75) is 32.3 Å². The highest BCUT2D eigenvalue weighted by molar-refractivity contribution is 5.13. The summed E-state index contributed by atoms with van der Waals surface area (Å²) in [4.78, 5) is 0. The minimum absolute atomic E-state index is 0.738. The highest BCUT2D eigenvalue weighted by Crippen LogP contribution is 2.03. The third kappa shape index (κ3) is 6.08. The number of allylic oxidation sites excluding steroid dienone is 1. The lowest BCUT2D eigenvalue weighted by Crippen LogP contribution is -1.95. The summed E-state index contributed by atoms with van der Waals surface area (Å²) in [5, 5.41) is 0. The van der Waals surface area contributed by atoms with Gasteiger partial charge in [0.25, 0.3) is 0 Å². The van der Waals surface area contributed by atoms with E-state index in [2.05, 4.69) is 18.7 Å². The van der Waals surface area contributed by atoms with Gasteiger partial charge in [0.2, 0.25) is 0 Å². The lowest BCUT2D eigenvalue weighted by Gasteiger charge is -2.03. The Labute approximate surface area is 92.8 Å². The Morgan fingerprint density at radius 2 is 1.87 bits per heavy atom. The highest BCUT2D eigenvalue weighted by Gasteiger charge is 1.92. The summed E-state index contributed by atoms with van der Waals surface area (Å²) in [7, 11) is 0. The van der Waals surface area contributed by atoms with Gasteiger partial charge < -0.3 is 4.74 Å². The molecule has 0 saturated carbocycles. The highest BCUT2D eigenvalue weighted by atomic mass is 16.5. The molecule has 0 heterocycles. The van der Waals surface area contributed by atoms with E-state index in [9.17, 15) is 0 Å². The minimum Gasteiger partial charge on any atom is -0.377 e. The largest absolute Gasteiger partial charge is 0.377 e. The Kier molecular flexibility index (Phi) is 6.59. The van der Waals surface area contributed by atoms with Crippen molar-refractivity contribution >= 4 is 0 Å². The number of benzene rings is 1. The van der Waals surface area contributed by atoms with Gasteiger partial charge in [-0.1, -0.05) is 42.8 Å². The Morgan fingerprint density at radius 1 is 1.07 bits per heavy atom. The van der Waals surface area contributed by atoms with Crippen LogP contribution >= 0.6 is 0 Å². The summed E-state index contributed by atoms with van der Waals surface area (Å²) in [5.74, 6) is 0. The molecule has 0 aliphatic rings. The van der Waals surface area contributed by atoms with E-state index >= 15 is 0 Å². The third-order valence-electron chi connectivity index (χ3n) is 2.31. The van der Waals surface area contributed by atoms with Crippen molar-refractivity contribution in [1.29, 1.82) is 0 Å². The number of rotatable bonds is 8. The lowest BCUT2D eigenvalue weighted by atomic mass is 10.2. The number of unbranched alkanes of at least 4 members (excludes halogenated alkanes) is 3. The second-order valence-electron chi connectivity index (χ2n) is 3.68. The van der Waals surface area contributed by atoms with E-state index in [1.54, 1.807) is 0 Å². The molecule has 1 nitrogen and oxygen atoms in total. The second-order valence-corrected chi connectivity index (χ2v) is 3.68. The number of hydrogen-bond donors (Lipinski definition) is 0. The van der Waals surface area contributed by atoms with Gasteiger partial charge in [-0.05, 0) is 24.8 Å². The van der Waals surface area contributed by atoms with Crippen molar-refractivity contribution in [3.8, 4) is 0 Å². The Morgan fingerprint density at radius 3 is 2.60 bits per heavy atom. The van der Waals surface area contributed by atoms with E-state index < -0.39 is 0 Å². The van der Waals surface area contributed by atoms with E-state index in [0.29, 0.717) is 0 Å². The SMILES string of the molecule is C=CCCCCCOCc1ccccc1. The molecule has 0 bridgehead atoms. The van der Waals surface area contributed by atoms with Gasteiger partial charge in [-0.25, -0.2) is 0 Å². The molecule has 0 spiro atoms. The van der Waals surface area contributed by atoms with Gasteiger partial charge in [0.1, 0.15) is 0 Å². The maximum absolute atomic E-state index is 5.57. The lowest BCUT2D eigenvalue weighted by molar-refractivity contribution is 0.117. The molecular formula is C14H20O. The van der Waals surface area contributed by atoms with Crippen LogP contribution in [0.1, 0.15) is 31.2 Å². The summed E-state index contributed by atoms with van der Waals surface area (Å²) in [6.07, 6.45) is 6.73.